The number of aromatic nitrogens is 1. The molecule has 2 nitrogen and oxygen atoms in total. The molecule has 0 fully saturated rings. The standard InChI is InChI=1S/C9H8F5NO/c1-4-3-5(9(12,13)14)8(16-2)15-6(4)7(10)11/h3,7H,1-2H3. The first-order chi connectivity index (χ1) is 7.27. The maximum absolute atomic E-state index is 12.4. The third kappa shape index (κ3) is 2.40. The van der Waals surface area contributed by atoms with Crippen LogP contribution in [-0.4, -0.2) is 12.1 Å². The lowest BCUT2D eigenvalue weighted by molar-refractivity contribution is -0.139. The highest BCUT2D eigenvalue weighted by molar-refractivity contribution is 5.36. The van der Waals surface area contributed by atoms with Crippen molar-refractivity contribution in [3.05, 3.63) is 22.9 Å². The van der Waals surface area contributed by atoms with Gasteiger partial charge in [0.25, 0.3) is 6.43 Å². The first kappa shape index (κ1) is 12.7. The third-order valence-electron chi connectivity index (χ3n) is 1.92. The minimum atomic E-state index is -4.68. The number of nitrogens with zero attached hydrogens (tertiary/aromatic N) is 1. The van der Waals surface area contributed by atoms with Gasteiger partial charge < -0.3 is 4.74 Å². The molecular weight excluding hydrogens is 233 g/mol. The van der Waals surface area contributed by atoms with E-state index in [9.17, 15) is 22.0 Å². The summed E-state index contributed by atoms with van der Waals surface area (Å²) in [4.78, 5) is 3.16. The zero-order valence-electron chi connectivity index (χ0n) is 8.40. The van der Waals surface area contributed by atoms with E-state index in [1.54, 1.807) is 0 Å². The minimum Gasteiger partial charge on any atom is -0.481 e. The Labute approximate surface area is 88.1 Å². The quantitative estimate of drug-likeness (QED) is 0.740. The molecule has 0 bridgehead atoms. The molecule has 1 aromatic heterocycles. The smallest absolute Gasteiger partial charge is 0.421 e. The average Bonchev–Trinajstić information content (AvgIpc) is 2.15. The van der Waals surface area contributed by atoms with Gasteiger partial charge in [-0.3, -0.25) is 0 Å². The van der Waals surface area contributed by atoms with E-state index in [0.717, 1.165) is 14.0 Å². The van der Waals surface area contributed by atoms with Crippen molar-refractivity contribution in [1.29, 1.82) is 0 Å². The molecule has 1 heterocycles. The number of alkyl halides is 5. The van der Waals surface area contributed by atoms with Crippen LogP contribution in [0.1, 0.15) is 23.2 Å². The molecule has 0 unspecified atom stereocenters. The Morgan fingerprint density at radius 2 is 1.88 bits per heavy atom. The van der Waals surface area contributed by atoms with Crippen LogP contribution < -0.4 is 4.74 Å². The molecule has 0 aromatic carbocycles. The topological polar surface area (TPSA) is 22.1 Å². The van der Waals surface area contributed by atoms with Crippen molar-refractivity contribution in [2.75, 3.05) is 7.11 Å². The van der Waals surface area contributed by atoms with Crippen LogP contribution in [0.3, 0.4) is 0 Å². The third-order valence-corrected chi connectivity index (χ3v) is 1.92. The molecule has 16 heavy (non-hydrogen) atoms. The normalized spacial score (nSPS) is 12.0. The average molecular weight is 241 g/mol. The fourth-order valence-corrected chi connectivity index (χ4v) is 1.19. The first-order valence-corrected chi connectivity index (χ1v) is 4.18. The summed E-state index contributed by atoms with van der Waals surface area (Å²) < 4.78 is 66.4. The number of pyridine rings is 1. The van der Waals surface area contributed by atoms with Gasteiger partial charge in [-0.2, -0.15) is 13.2 Å². The highest BCUT2D eigenvalue weighted by atomic mass is 19.4. The second-order valence-electron chi connectivity index (χ2n) is 3.05. The number of methoxy groups -OCH3 is 1. The minimum absolute atomic E-state index is 0.219. The summed E-state index contributed by atoms with van der Waals surface area (Å²) in [5.74, 6) is -0.839. The Balaban J connectivity index is 3.38. The molecule has 7 heteroatoms. The van der Waals surface area contributed by atoms with Crippen LogP contribution in [0, 0.1) is 6.92 Å². The van der Waals surface area contributed by atoms with Crippen LogP contribution in [0.25, 0.3) is 0 Å². The summed E-state index contributed by atoms with van der Waals surface area (Å²) in [5, 5.41) is 0. The van der Waals surface area contributed by atoms with Crippen LogP contribution in [0.15, 0.2) is 6.07 Å². The van der Waals surface area contributed by atoms with Crippen molar-refractivity contribution < 1.29 is 26.7 Å². The molecule has 0 N–H and O–H groups in total. The fraction of sp³-hybridized carbons (Fsp3) is 0.444. The van der Waals surface area contributed by atoms with Gasteiger partial charge in [0.2, 0.25) is 5.88 Å². The van der Waals surface area contributed by atoms with E-state index in [1.165, 1.54) is 0 Å². The number of halogens is 5. The van der Waals surface area contributed by atoms with Gasteiger partial charge in [-0.05, 0) is 18.6 Å². The van der Waals surface area contributed by atoms with Crippen molar-refractivity contribution in [2.24, 2.45) is 0 Å². The van der Waals surface area contributed by atoms with Gasteiger partial charge in [-0.1, -0.05) is 0 Å². The number of aryl methyl sites for hydroxylation is 1. The molecule has 0 atom stereocenters. The maximum atomic E-state index is 12.4. The van der Waals surface area contributed by atoms with Crippen molar-refractivity contribution >= 4 is 0 Å². The van der Waals surface area contributed by atoms with Crippen molar-refractivity contribution in [1.82, 2.24) is 4.98 Å². The largest absolute Gasteiger partial charge is 0.481 e. The predicted molar refractivity (Wildman–Crippen MR) is 45.5 cm³/mol. The molecule has 1 aromatic rings. The summed E-state index contributed by atoms with van der Waals surface area (Å²) in [6, 6.07) is 0.604. The summed E-state index contributed by atoms with van der Waals surface area (Å²) in [5.41, 5.74) is -2.08. The van der Waals surface area contributed by atoms with Crippen LogP contribution >= 0.6 is 0 Å². The van der Waals surface area contributed by atoms with E-state index in [1.807, 2.05) is 0 Å². The van der Waals surface area contributed by atoms with Crippen molar-refractivity contribution in [3.8, 4) is 5.88 Å². The first-order valence-electron chi connectivity index (χ1n) is 4.18. The Morgan fingerprint density at radius 3 is 2.25 bits per heavy atom. The van der Waals surface area contributed by atoms with Crippen LogP contribution in [0.4, 0.5) is 22.0 Å². The van der Waals surface area contributed by atoms with Gasteiger partial charge >= 0.3 is 6.18 Å². The highest BCUT2D eigenvalue weighted by Gasteiger charge is 2.36. The van der Waals surface area contributed by atoms with E-state index in [-0.39, 0.29) is 5.56 Å². The maximum Gasteiger partial charge on any atom is 0.421 e. The Morgan fingerprint density at radius 1 is 1.31 bits per heavy atom. The summed E-state index contributed by atoms with van der Waals surface area (Å²) in [6.07, 6.45) is -7.61. The number of hydrogen-bond acceptors (Lipinski definition) is 2. The molecule has 0 aliphatic heterocycles. The van der Waals surface area contributed by atoms with Gasteiger partial charge in [0.05, 0.1) is 7.11 Å². The SMILES string of the molecule is COc1nc(C(F)F)c(C)cc1C(F)(F)F. The van der Waals surface area contributed by atoms with Gasteiger partial charge in [-0.25, -0.2) is 13.8 Å². The molecule has 0 saturated heterocycles. The molecule has 0 aliphatic carbocycles. The molecule has 1 rings (SSSR count). The Bertz CT molecular complexity index is 388. The summed E-state index contributed by atoms with van der Waals surface area (Å²) >= 11 is 0. The summed E-state index contributed by atoms with van der Waals surface area (Å²) in [6.45, 7) is 1.14. The molecule has 90 valence electrons. The van der Waals surface area contributed by atoms with Crippen LogP contribution in [0.2, 0.25) is 0 Å². The molecule has 0 aliphatic rings. The second kappa shape index (κ2) is 4.23. The molecule has 0 amide bonds. The van der Waals surface area contributed by atoms with E-state index in [4.69, 9.17) is 0 Å². The molecule has 0 spiro atoms. The molecular formula is C9H8F5NO. The van der Waals surface area contributed by atoms with E-state index >= 15 is 0 Å². The lowest BCUT2D eigenvalue weighted by Crippen LogP contribution is -2.11. The van der Waals surface area contributed by atoms with E-state index in [0.29, 0.717) is 6.07 Å². The van der Waals surface area contributed by atoms with Gasteiger partial charge in [0.15, 0.2) is 0 Å². The zero-order chi connectivity index (χ0) is 12.5. The van der Waals surface area contributed by atoms with Crippen LogP contribution in [-0.2, 0) is 6.18 Å². The number of ether oxygens (including phenoxy) is 1. The molecule has 0 saturated carbocycles. The van der Waals surface area contributed by atoms with Gasteiger partial charge in [0.1, 0.15) is 11.3 Å². The second-order valence-corrected chi connectivity index (χ2v) is 3.05. The van der Waals surface area contributed by atoms with Gasteiger partial charge in [-0.15, -0.1) is 0 Å². The van der Waals surface area contributed by atoms with Crippen molar-refractivity contribution in [3.63, 3.8) is 0 Å². The van der Waals surface area contributed by atoms with E-state index in [2.05, 4.69) is 9.72 Å². The number of hydrogen-bond donors (Lipinski definition) is 0. The number of rotatable bonds is 2. The monoisotopic (exact) mass is 241 g/mol. The van der Waals surface area contributed by atoms with Gasteiger partial charge in [0, 0.05) is 0 Å². The predicted octanol–water partition coefficient (Wildman–Crippen LogP) is 3.36. The fourth-order valence-electron chi connectivity index (χ4n) is 1.19. The Hall–Kier alpha value is -1.40. The zero-order valence-corrected chi connectivity index (χ0v) is 8.40. The lowest BCUT2D eigenvalue weighted by Gasteiger charge is -2.13. The lowest BCUT2D eigenvalue weighted by atomic mass is 10.1. The summed E-state index contributed by atoms with van der Waals surface area (Å²) in [7, 11) is 0.947. The van der Waals surface area contributed by atoms with Crippen molar-refractivity contribution in [2.45, 2.75) is 19.5 Å². The van der Waals surface area contributed by atoms with E-state index < -0.39 is 29.7 Å². The Kier molecular flexibility index (Phi) is 3.35. The van der Waals surface area contributed by atoms with Crippen LogP contribution in [0.5, 0.6) is 5.88 Å². The highest BCUT2D eigenvalue weighted by Crippen LogP contribution is 2.37. The molecule has 0 radical (unpaired) electrons.